The molecule has 74 valence electrons. The minimum atomic E-state index is -1.21. The quantitative estimate of drug-likeness (QED) is 0.578. The summed E-state index contributed by atoms with van der Waals surface area (Å²) in [6.45, 7) is 0. The maximum Gasteiger partial charge on any atom is 0.228 e. The standard InChI is InChI=1S/C11H11FO2/c12-9-3-5-10(6-4-9)14-11(13)7-1-2-8-11/h1,3-7,13H,2,8H2. The molecule has 0 aromatic heterocycles. The van der Waals surface area contributed by atoms with E-state index in [0.717, 1.165) is 6.42 Å². The second-order valence-corrected chi connectivity index (χ2v) is 3.34. The van der Waals surface area contributed by atoms with E-state index < -0.39 is 5.79 Å². The molecule has 1 aromatic rings. The van der Waals surface area contributed by atoms with Gasteiger partial charge in [0.05, 0.1) is 0 Å². The summed E-state index contributed by atoms with van der Waals surface area (Å²) in [4.78, 5) is 0. The number of halogens is 1. The van der Waals surface area contributed by atoms with Crippen LogP contribution < -0.4 is 4.74 Å². The third-order valence-electron chi connectivity index (χ3n) is 2.16. The normalized spacial score (nSPS) is 25.3. The largest absolute Gasteiger partial charge is 0.459 e. The summed E-state index contributed by atoms with van der Waals surface area (Å²) in [6, 6.07) is 5.60. The number of benzene rings is 1. The van der Waals surface area contributed by atoms with Crippen LogP contribution in [0.1, 0.15) is 12.8 Å². The third-order valence-corrected chi connectivity index (χ3v) is 2.16. The minimum absolute atomic E-state index is 0.314. The smallest absolute Gasteiger partial charge is 0.228 e. The maximum atomic E-state index is 12.6. The molecule has 1 aromatic carbocycles. The first-order valence-electron chi connectivity index (χ1n) is 4.53. The molecule has 2 rings (SSSR count). The Bertz CT molecular complexity index is 345. The highest BCUT2D eigenvalue weighted by Crippen LogP contribution is 2.26. The van der Waals surface area contributed by atoms with Crippen LogP contribution in [0.4, 0.5) is 4.39 Å². The molecule has 0 fully saturated rings. The van der Waals surface area contributed by atoms with Gasteiger partial charge in [-0.2, -0.15) is 0 Å². The number of rotatable bonds is 2. The average molecular weight is 194 g/mol. The monoisotopic (exact) mass is 194 g/mol. The number of aliphatic hydroxyl groups is 1. The van der Waals surface area contributed by atoms with Crippen LogP contribution in [0.2, 0.25) is 0 Å². The molecule has 1 aliphatic rings. The van der Waals surface area contributed by atoms with Gasteiger partial charge in [0.15, 0.2) is 0 Å². The third kappa shape index (κ3) is 1.93. The predicted molar refractivity (Wildman–Crippen MR) is 50.4 cm³/mol. The fourth-order valence-electron chi connectivity index (χ4n) is 1.43. The summed E-state index contributed by atoms with van der Waals surface area (Å²) in [5, 5.41) is 9.81. The lowest BCUT2D eigenvalue weighted by Crippen LogP contribution is -2.30. The van der Waals surface area contributed by atoms with Gasteiger partial charge in [0.1, 0.15) is 11.6 Å². The summed E-state index contributed by atoms with van der Waals surface area (Å²) in [6.07, 6.45) is 4.84. The van der Waals surface area contributed by atoms with Crippen LogP contribution in [-0.2, 0) is 0 Å². The van der Waals surface area contributed by atoms with Crippen molar-refractivity contribution in [3.05, 3.63) is 42.2 Å². The summed E-state index contributed by atoms with van der Waals surface area (Å²) in [5.41, 5.74) is 0. The first-order valence-corrected chi connectivity index (χ1v) is 4.53. The van der Waals surface area contributed by atoms with E-state index in [1.165, 1.54) is 24.3 Å². The van der Waals surface area contributed by atoms with Crippen LogP contribution in [0.5, 0.6) is 5.75 Å². The molecular formula is C11H11FO2. The molecule has 1 unspecified atom stereocenters. The molecule has 14 heavy (non-hydrogen) atoms. The topological polar surface area (TPSA) is 29.5 Å². The number of hydrogen-bond donors (Lipinski definition) is 1. The lowest BCUT2D eigenvalue weighted by molar-refractivity contribution is -0.0929. The van der Waals surface area contributed by atoms with E-state index in [1.54, 1.807) is 6.08 Å². The van der Waals surface area contributed by atoms with Gasteiger partial charge < -0.3 is 9.84 Å². The lowest BCUT2D eigenvalue weighted by Gasteiger charge is -2.22. The molecule has 0 saturated heterocycles. The van der Waals surface area contributed by atoms with E-state index >= 15 is 0 Å². The van der Waals surface area contributed by atoms with Gasteiger partial charge in [-0.3, -0.25) is 0 Å². The summed E-state index contributed by atoms with van der Waals surface area (Å²) >= 11 is 0. The lowest BCUT2D eigenvalue weighted by atomic mass is 10.2. The summed E-state index contributed by atoms with van der Waals surface area (Å²) in [5.74, 6) is -1.05. The molecule has 0 bridgehead atoms. The van der Waals surface area contributed by atoms with Crippen LogP contribution >= 0.6 is 0 Å². The molecule has 0 saturated carbocycles. The van der Waals surface area contributed by atoms with Crippen LogP contribution in [0.3, 0.4) is 0 Å². The van der Waals surface area contributed by atoms with E-state index in [9.17, 15) is 9.50 Å². The van der Waals surface area contributed by atoms with Gasteiger partial charge in [-0.25, -0.2) is 4.39 Å². The molecule has 1 atom stereocenters. The molecule has 2 nitrogen and oxygen atoms in total. The zero-order valence-electron chi connectivity index (χ0n) is 7.61. The molecule has 3 heteroatoms. The zero-order valence-corrected chi connectivity index (χ0v) is 7.61. The van der Waals surface area contributed by atoms with Crippen LogP contribution in [0, 0.1) is 5.82 Å². The fraction of sp³-hybridized carbons (Fsp3) is 0.273. The van der Waals surface area contributed by atoms with E-state index in [4.69, 9.17) is 4.74 Å². The van der Waals surface area contributed by atoms with Gasteiger partial charge in [0, 0.05) is 6.42 Å². The molecule has 0 aliphatic heterocycles. The Morgan fingerprint density at radius 1 is 1.29 bits per heavy atom. The fourth-order valence-corrected chi connectivity index (χ4v) is 1.43. The van der Waals surface area contributed by atoms with Crippen molar-refractivity contribution in [3.8, 4) is 5.75 Å². The van der Waals surface area contributed by atoms with E-state index in [1.807, 2.05) is 6.08 Å². The molecule has 0 heterocycles. The Morgan fingerprint density at radius 3 is 2.57 bits per heavy atom. The number of allylic oxidation sites excluding steroid dienone is 1. The van der Waals surface area contributed by atoms with Crippen LogP contribution in [0.25, 0.3) is 0 Å². The molecule has 1 aliphatic carbocycles. The first kappa shape index (κ1) is 9.21. The van der Waals surface area contributed by atoms with Crippen LogP contribution in [-0.4, -0.2) is 10.9 Å². The SMILES string of the molecule is OC1(Oc2ccc(F)cc2)C=CCC1. The van der Waals surface area contributed by atoms with E-state index in [-0.39, 0.29) is 5.82 Å². The Hall–Kier alpha value is -1.35. The van der Waals surface area contributed by atoms with E-state index in [0.29, 0.717) is 12.2 Å². The van der Waals surface area contributed by atoms with Crippen molar-refractivity contribution in [1.29, 1.82) is 0 Å². The van der Waals surface area contributed by atoms with Crippen LogP contribution in [0.15, 0.2) is 36.4 Å². The average Bonchev–Trinajstić information content (AvgIpc) is 2.57. The Morgan fingerprint density at radius 2 is 2.00 bits per heavy atom. The Balaban J connectivity index is 2.10. The van der Waals surface area contributed by atoms with Crippen molar-refractivity contribution < 1.29 is 14.2 Å². The summed E-state index contributed by atoms with van der Waals surface area (Å²) < 4.78 is 17.9. The number of ether oxygens (including phenoxy) is 1. The number of hydrogen-bond acceptors (Lipinski definition) is 2. The van der Waals surface area contributed by atoms with Gasteiger partial charge >= 0.3 is 0 Å². The highest BCUT2D eigenvalue weighted by Gasteiger charge is 2.28. The van der Waals surface area contributed by atoms with Gasteiger partial charge in [-0.15, -0.1) is 0 Å². The predicted octanol–water partition coefficient (Wildman–Crippen LogP) is 2.24. The van der Waals surface area contributed by atoms with Crippen molar-refractivity contribution in [2.45, 2.75) is 18.6 Å². The van der Waals surface area contributed by atoms with E-state index in [2.05, 4.69) is 0 Å². The molecule has 0 radical (unpaired) electrons. The molecule has 0 amide bonds. The molecule has 0 spiro atoms. The van der Waals surface area contributed by atoms with Gasteiger partial charge in [0.25, 0.3) is 0 Å². The van der Waals surface area contributed by atoms with Crippen molar-refractivity contribution in [2.75, 3.05) is 0 Å². The first-order chi connectivity index (χ1) is 6.68. The Kier molecular flexibility index (Phi) is 2.25. The zero-order chi connectivity index (χ0) is 10.0. The highest BCUT2D eigenvalue weighted by atomic mass is 19.1. The Labute approximate surface area is 81.6 Å². The minimum Gasteiger partial charge on any atom is -0.459 e. The van der Waals surface area contributed by atoms with Crippen molar-refractivity contribution in [3.63, 3.8) is 0 Å². The molecule has 1 N–H and O–H groups in total. The maximum absolute atomic E-state index is 12.6. The van der Waals surface area contributed by atoms with Crippen molar-refractivity contribution in [1.82, 2.24) is 0 Å². The van der Waals surface area contributed by atoms with Crippen molar-refractivity contribution in [2.24, 2.45) is 0 Å². The van der Waals surface area contributed by atoms with Gasteiger partial charge in [-0.1, -0.05) is 6.08 Å². The second-order valence-electron chi connectivity index (χ2n) is 3.34. The van der Waals surface area contributed by atoms with Gasteiger partial charge in [0.2, 0.25) is 5.79 Å². The summed E-state index contributed by atoms with van der Waals surface area (Å²) in [7, 11) is 0. The second kappa shape index (κ2) is 3.42. The molecular weight excluding hydrogens is 183 g/mol. The van der Waals surface area contributed by atoms with Gasteiger partial charge in [-0.05, 0) is 36.8 Å². The van der Waals surface area contributed by atoms with Crippen molar-refractivity contribution >= 4 is 0 Å². The highest BCUT2D eigenvalue weighted by molar-refractivity contribution is 5.24.